The average Bonchev–Trinajstić information content (AvgIpc) is 2.59. The van der Waals surface area contributed by atoms with Gasteiger partial charge in [0.15, 0.2) is 11.4 Å². The van der Waals surface area contributed by atoms with E-state index in [-0.39, 0.29) is 0 Å². The third kappa shape index (κ3) is 1.99. The third-order valence-electron chi connectivity index (χ3n) is 2.13. The second-order valence-corrected chi connectivity index (χ2v) is 4.10. The summed E-state index contributed by atoms with van der Waals surface area (Å²) in [6.07, 6.45) is 3.88. The van der Waals surface area contributed by atoms with Crippen molar-refractivity contribution in [2.75, 3.05) is 14.1 Å². The SMILES string of the molecule is Cc1cn2cccc(OC(=S)N(C)C)c2n1. The summed E-state index contributed by atoms with van der Waals surface area (Å²) < 4.78 is 7.50. The first-order chi connectivity index (χ1) is 7.58. The summed E-state index contributed by atoms with van der Waals surface area (Å²) in [7, 11) is 3.69. The number of thiocarbonyl (C=S) groups is 1. The van der Waals surface area contributed by atoms with Gasteiger partial charge in [-0.15, -0.1) is 0 Å². The van der Waals surface area contributed by atoms with E-state index >= 15 is 0 Å². The Kier molecular flexibility index (Phi) is 2.78. The van der Waals surface area contributed by atoms with Gasteiger partial charge >= 0.3 is 0 Å². The summed E-state index contributed by atoms with van der Waals surface area (Å²) in [5.74, 6) is 0.675. The van der Waals surface area contributed by atoms with Crippen LogP contribution in [0, 0.1) is 6.92 Å². The van der Waals surface area contributed by atoms with E-state index in [1.807, 2.05) is 49.9 Å². The number of fused-ring (bicyclic) bond motifs is 1. The van der Waals surface area contributed by atoms with Crippen LogP contribution in [-0.2, 0) is 0 Å². The lowest BCUT2D eigenvalue weighted by molar-refractivity contribution is 0.451. The monoisotopic (exact) mass is 235 g/mol. The molecule has 0 radical (unpaired) electrons. The lowest BCUT2D eigenvalue weighted by Gasteiger charge is -2.14. The van der Waals surface area contributed by atoms with Gasteiger partial charge in [-0.1, -0.05) is 0 Å². The van der Waals surface area contributed by atoms with Gasteiger partial charge < -0.3 is 14.0 Å². The van der Waals surface area contributed by atoms with Gasteiger partial charge in [0.1, 0.15) is 0 Å². The van der Waals surface area contributed by atoms with Gasteiger partial charge in [0.25, 0.3) is 5.17 Å². The molecule has 0 amide bonds. The van der Waals surface area contributed by atoms with Gasteiger partial charge in [-0.2, -0.15) is 0 Å². The van der Waals surface area contributed by atoms with Crippen LogP contribution in [-0.4, -0.2) is 33.6 Å². The van der Waals surface area contributed by atoms with Gasteiger partial charge in [0, 0.05) is 26.5 Å². The van der Waals surface area contributed by atoms with Crippen molar-refractivity contribution in [3.05, 3.63) is 30.2 Å². The van der Waals surface area contributed by atoms with Crippen LogP contribution in [0.5, 0.6) is 5.75 Å². The Morgan fingerprint density at radius 3 is 2.94 bits per heavy atom. The van der Waals surface area contributed by atoms with Gasteiger partial charge in [0.05, 0.1) is 5.69 Å². The number of imidazole rings is 1. The molecule has 5 heteroatoms. The molecule has 16 heavy (non-hydrogen) atoms. The van der Waals surface area contributed by atoms with Crippen LogP contribution in [0.1, 0.15) is 5.69 Å². The molecule has 2 aromatic rings. The van der Waals surface area contributed by atoms with E-state index in [9.17, 15) is 0 Å². The minimum Gasteiger partial charge on any atom is -0.428 e. The van der Waals surface area contributed by atoms with Crippen LogP contribution in [0.2, 0.25) is 0 Å². The Labute approximate surface area is 99.5 Å². The summed E-state index contributed by atoms with van der Waals surface area (Å²) in [5.41, 5.74) is 1.73. The molecule has 2 rings (SSSR count). The predicted octanol–water partition coefficient (Wildman–Crippen LogP) is 1.87. The molecule has 0 N–H and O–H groups in total. The highest BCUT2D eigenvalue weighted by Crippen LogP contribution is 2.19. The zero-order valence-electron chi connectivity index (χ0n) is 9.47. The van der Waals surface area contributed by atoms with Crippen molar-refractivity contribution in [3.8, 4) is 5.75 Å². The molecule has 0 spiro atoms. The molecular weight excluding hydrogens is 222 g/mol. The summed E-state index contributed by atoms with van der Waals surface area (Å²) in [5, 5.41) is 0.425. The topological polar surface area (TPSA) is 29.8 Å². The molecule has 0 fully saturated rings. The molecule has 0 saturated carbocycles. The van der Waals surface area contributed by atoms with Crippen molar-refractivity contribution in [3.63, 3.8) is 0 Å². The van der Waals surface area contributed by atoms with Crippen molar-refractivity contribution < 1.29 is 4.74 Å². The van der Waals surface area contributed by atoms with Crippen molar-refractivity contribution >= 4 is 23.0 Å². The minimum atomic E-state index is 0.425. The van der Waals surface area contributed by atoms with E-state index in [4.69, 9.17) is 17.0 Å². The molecule has 0 saturated heterocycles. The summed E-state index contributed by atoms with van der Waals surface area (Å²) in [6, 6.07) is 3.76. The molecule has 0 aliphatic heterocycles. The Bertz CT molecular complexity index is 533. The number of hydrogen-bond donors (Lipinski definition) is 0. The first kappa shape index (κ1) is 10.9. The normalized spacial score (nSPS) is 10.4. The standard InChI is InChI=1S/C11H13N3OS/c1-8-7-14-6-4-5-9(10(14)12-8)15-11(16)13(2)3/h4-7H,1-3H3. The molecule has 0 aromatic carbocycles. The van der Waals surface area contributed by atoms with Crippen LogP contribution >= 0.6 is 12.2 Å². The number of nitrogens with zero attached hydrogens (tertiary/aromatic N) is 3. The molecule has 0 aliphatic carbocycles. The van der Waals surface area contributed by atoms with Crippen LogP contribution in [0.25, 0.3) is 5.65 Å². The minimum absolute atomic E-state index is 0.425. The molecule has 84 valence electrons. The highest BCUT2D eigenvalue weighted by molar-refractivity contribution is 7.80. The van der Waals surface area contributed by atoms with Crippen molar-refractivity contribution in [2.24, 2.45) is 0 Å². The molecule has 4 nitrogen and oxygen atoms in total. The maximum atomic E-state index is 5.58. The summed E-state index contributed by atoms with van der Waals surface area (Å²) in [4.78, 5) is 6.13. The first-order valence-electron chi connectivity index (χ1n) is 4.91. The van der Waals surface area contributed by atoms with E-state index in [1.54, 1.807) is 4.90 Å². The highest BCUT2D eigenvalue weighted by Gasteiger charge is 2.08. The molecule has 2 heterocycles. The zero-order chi connectivity index (χ0) is 11.7. The fourth-order valence-corrected chi connectivity index (χ4v) is 1.46. The van der Waals surface area contributed by atoms with Gasteiger partial charge in [-0.25, -0.2) is 4.98 Å². The maximum absolute atomic E-state index is 5.58. The predicted molar refractivity (Wildman–Crippen MR) is 66.8 cm³/mol. The van der Waals surface area contributed by atoms with E-state index in [2.05, 4.69) is 4.98 Å². The Morgan fingerprint density at radius 1 is 1.50 bits per heavy atom. The third-order valence-corrected chi connectivity index (χ3v) is 2.58. The zero-order valence-corrected chi connectivity index (χ0v) is 10.3. The molecule has 0 atom stereocenters. The van der Waals surface area contributed by atoms with Gasteiger partial charge in [0.2, 0.25) is 0 Å². The molecule has 0 unspecified atom stereocenters. The van der Waals surface area contributed by atoms with Crippen molar-refractivity contribution in [2.45, 2.75) is 6.92 Å². The highest BCUT2D eigenvalue weighted by atomic mass is 32.1. The number of hydrogen-bond acceptors (Lipinski definition) is 3. The maximum Gasteiger partial charge on any atom is 0.264 e. The fraction of sp³-hybridized carbons (Fsp3) is 0.273. The number of aryl methyl sites for hydroxylation is 1. The smallest absolute Gasteiger partial charge is 0.264 e. The second kappa shape index (κ2) is 4.09. The molecular formula is C11H13N3OS. The van der Waals surface area contributed by atoms with Crippen LogP contribution in [0.4, 0.5) is 0 Å². The van der Waals surface area contributed by atoms with Crippen molar-refractivity contribution in [1.29, 1.82) is 0 Å². The fourth-order valence-electron chi connectivity index (χ4n) is 1.37. The van der Waals surface area contributed by atoms with Gasteiger partial charge in [-0.05, 0) is 31.3 Å². The van der Waals surface area contributed by atoms with Crippen LogP contribution in [0.15, 0.2) is 24.5 Å². The van der Waals surface area contributed by atoms with E-state index in [1.165, 1.54) is 0 Å². The van der Waals surface area contributed by atoms with E-state index in [0.29, 0.717) is 10.9 Å². The first-order valence-corrected chi connectivity index (χ1v) is 5.32. The van der Waals surface area contributed by atoms with E-state index in [0.717, 1.165) is 11.3 Å². The van der Waals surface area contributed by atoms with E-state index < -0.39 is 0 Å². The number of ether oxygens (including phenoxy) is 1. The Hall–Kier alpha value is -1.62. The van der Waals surface area contributed by atoms with Crippen molar-refractivity contribution in [1.82, 2.24) is 14.3 Å². The lowest BCUT2D eigenvalue weighted by atomic mass is 10.4. The average molecular weight is 235 g/mol. The largest absolute Gasteiger partial charge is 0.428 e. The van der Waals surface area contributed by atoms with Crippen LogP contribution in [0.3, 0.4) is 0 Å². The Morgan fingerprint density at radius 2 is 2.25 bits per heavy atom. The number of pyridine rings is 1. The molecule has 2 aromatic heterocycles. The lowest BCUT2D eigenvalue weighted by Crippen LogP contribution is -2.25. The number of aromatic nitrogens is 2. The summed E-state index contributed by atoms with van der Waals surface area (Å²) >= 11 is 5.10. The molecule has 0 aliphatic rings. The number of rotatable bonds is 1. The molecule has 0 bridgehead atoms. The summed E-state index contributed by atoms with van der Waals surface area (Å²) in [6.45, 7) is 1.95. The Balaban J connectivity index is 2.40. The second-order valence-electron chi connectivity index (χ2n) is 3.75. The van der Waals surface area contributed by atoms with Crippen LogP contribution < -0.4 is 4.74 Å². The quantitative estimate of drug-likeness (QED) is 0.706. The van der Waals surface area contributed by atoms with Gasteiger partial charge in [-0.3, -0.25) is 0 Å².